The Balaban J connectivity index is 1.59. The van der Waals surface area contributed by atoms with Crippen molar-refractivity contribution in [1.29, 1.82) is 0 Å². The molecule has 5 nitrogen and oxygen atoms in total. The van der Waals surface area contributed by atoms with Crippen LogP contribution in [-0.4, -0.2) is 55.0 Å². The van der Waals surface area contributed by atoms with E-state index in [4.69, 9.17) is 0 Å². The zero-order chi connectivity index (χ0) is 20.3. The van der Waals surface area contributed by atoms with Gasteiger partial charge in [0.1, 0.15) is 5.82 Å². The van der Waals surface area contributed by atoms with E-state index >= 15 is 0 Å². The van der Waals surface area contributed by atoms with Gasteiger partial charge in [0.15, 0.2) is 0 Å². The van der Waals surface area contributed by atoms with E-state index in [1.807, 2.05) is 38.1 Å². The first-order valence-electron chi connectivity index (χ1n) is 9.05. The molecule has 0 saturated carbocycles. The Kier molecular flexibility index (Phi) is 6.42. The number of carbonyl (C=O) groups excluding carboxylic acids is 1. The van der Waals surface area contributed by atoms with Crippen molar-refractivity contribution >= 4 is 27.7 Å². The minimum absolute atomic E-state index is 0.00613. The van der Waals surface area contributed by atoms with Gasteiger partial charge in [-0.05, 0) is 44.2 Å². The first kappa shape index (κ1) is 20.8. The van der Waals surface area contributed by atoms with Crippen LogP contribution in [0.1, 0.15) is 12.5 Å². The van der Waals surface area contributed by atoms with Gasteiger partial charge < -0.3 is 4.90 Å². The number of hydrogen-bond donors (Lipinski definition) is 0. The molecule has 3 rings (SSSR count). The van der Waals surface area contributed by atoms with Gasteiger partial charge in [0, 0.05) is 31.1 Å². The van der Waals surface area contributed by atoms with E-state index in [2.05, 4.69) is 0 Å². The Bertz CT molecular complexity index is 940. The molecule has 2 aromatic carbocycles. The summed E-state index contributed by atoms with van der Waals surface area (Å²) in [6, 6.07) is 13.0. The number of hydrogen-bond acceptors (Lipinski definition) is 4. The van der Waals surface area contributed by atoms with Crippen LogP contribution in [0.2, 0.25) is 0 Å². The molecular weight excluding hydrogens is 399 g/mol. The van der Waals surface area contributed by atoms with Crippen LogP contribution >= 0.6 is 11.8 Å². The van der Waals surface area contributed by atoms with Crippen molar-refractivity contribution in [2.75, 3.05) is 26.2 Å². The lowest BCUT2D eigenvalue weighted by atomic mass is 10.2. The molecule has 1 fully saturated rings. The first-order chi connectivity index (χ1) is 13.3. The maximum absolute atomic E-state index is 13.4. The predicted octanol–water partition coefficient (Wildman–Crippen LogP) is 3.15. The van der Waals surface area contributed by atoms with Crippen molar-refractivity contribution in [2.24, 2.45) is 0 Å². The van der Waals surface area contributed by atoms with Gasteiger partial charge in [-0.1, -0.05) is 23.8 Å². The minimum Gasteiger partial charge on any atom is -0.339 e. The SMILES string of the molecule is Cc1ccc(S[C@H](C)C(=O)N2CCN(S(=O)(=O)c3cccc(F)c3)CC2)cc1. The molecule has 28 heavy (non-hydrogen) atoms. The molecule has 1 aliphatic heterocycles. The normalized spacial score (nSPS) is 16.8. The van der Waals surface area contributed by atoms with Crippen LogP contribution in [-0.2, 0) is 14.8 Å². The average molecular weight is 423 g/mol. The second-order valence-corrected chi connectivity index (χ2v) is 10.1. The molecule has 0 spiro atoms. The third kappa shape index (κ3) is 4.74. The van der Waals surface area contributed by atoms with E-state index in [1.54, 1.807) is 4.90 Å². The zero-order valence-electron chi connectivity index (χ0n) is 15.8. The number of thioether (sulfide) groups is 1. The van der Waals surface area contributed by atoms with Crippen molar-refractivity contribution in [2.45, 2.75) is 28.9 Å². The summed E-state index contributed by atoms with van der Waals surface area (Å²) in [5, 5.41) is -0.255. The van der Waals surface area contributed by atoms with Gasteiger partial charge in [-0.2, -0.15) is 4.31 Å². The molecular formula is C20H23FN2O3S2. The van der Waals surface area contributed by atoms with Crippen LogP contribution in [0.15, 0.2) is 58.3 Å². The summed E-state index contributed by atoms with van der Waals surface area (Å²) in [6.07, 6.45) is 0. The Labute approximate surface area is 169 Å². The smallest absolute Gasteiger partial charge is 0.243 e. The molecule has 0 radical (unpaired) electrons. The van der Waals surface area contributed by atoms with Crippen molar-refractivity contribution in [3.63, 3.8) is 0 Å². The molecule has 1 atom stereocenters. The third-order valence-corrected chi connectivity index (χ3v) is 7.66. The highest BCUT2D eigenvalue weighted by Gasteiger charge is 2.31. The third-order valence-electron chi connectivity index (χ3n) is 4.67. The van der Waals surface area contributed by atoms with Crippen molar-refractivity contribution in [1.82, 2.24) is 9.21 Å². The van der Waals surface area contributed by atoms with Crippen LogP contribution in [0.3, 0.4) is 0 Å². The Morgan fingerprint density at radius 1 is 1.07 bits per heavy atom. The van der Waals surface area contributed by atoms with Crippen LogP contribution in [0.5, 0.6) is 0 Å². The zero-order valence-corrected chi connectivity index (χ0v) is 17.5. The minimum atomic E-state index is -3.76. The largest absolute Gasteiger partial charge is 0.339 e. The lowest BCUT2D eigenvalue weighted by molar-refractivity contribution is -0.131. The van der Waals surface area contributed by atoms with E-state index < -0.39 is 15.8 Å². The second-order valence-electron chi connectivity index (χ2n) is 6.76. The topological polar surface area (TPSA) is 57.7 Å². The van der Waals surface area contributed by atoms with Crippen LogP contribution < -0.4 is 0 Å². The number of halogens is 1. The summed E-state index contributed by atoms with van der Waals surface area (Å²) in [6.45, 7) is 4.93. The van der Waals surface area contributed by atoms with Gasteiger partial charge in [0.25, 0.3) is 0 Å². The van der Waals surface area contributed by atoms with E-state index in [-0.39, 0.29) is 29.1 Å². The van der Waals surface area contributed by atoms with Crippen LogP contribution in [0, 0.1) is 12.7 Å². The number of nitrogens with zero attached hydrogens (tertiary/aromatic N) is 2. The maximum atomic E-state index is 13.4. The summed E-state index contributed by atoms with van der Waals surface area (Å²) in [5.74, 6) is -0.592. The van der Waals surface area contributed by atoms with Gasteiger partial charge in [-0.25, -0.2) is 12.8 Å². The van der Waals surface area contributed by atoms with Gasteiger partial charge in [-0.3, -0.25) is 4.79 Å². The predicted molar refractivity (Wildman–Crippen MR) is 108 cm³/mol. The van der Waals surface area contributed by atoms with Crippen LogP contribution in [0.4, 0.5) is 4.39 Å². The molecule has 1 saturated heterocycles. The highest BCUT2D eigenvalue weighted by Crippen LogP contribution is 2.26. The standard InChI is InChI=1S/C20H23FN2O3S2/c1-15-6-8-18(9-7-15)27-16(2)20(24)22-10-12-23(13-11-22)28(25,26)19-5-3-4-17(21)14-19/h3-9,14,16H,10-13H2,1-2H3/t16-/m1/s1. The highest BCUT2D eigenvalue weighted by atomic mass is 32.2. The van der Waals surface area contributed by atoms with Gasteiger partial charge in [0.2, 0.25) is 15.9 Å². The number of benzene rings is 2. The molecule has 0 aliphatic carbocycles. The molecule has 1 heterocycles. The molecule has 0 unspecified atom stereocenters. The summed E-state index contributed by atoms with van der Waals surface area (Å²) >= 11 is 1.49. The number of sulfonamides is 1. The first-order valence-corrected chi connectivity index (χ1v) is 11.4. The van der Waals surface area contributed by atoms with E-state index in [1.165, 1.54) is 39.8 Å². The quantitative estimate of drug-likeness (QED) is 0.695. The number of carbonyl (C=O) groups is 1. The number of amides is 1. The second kappa shape index (κ2) is 8.63. The fourth-order valence-electron chi connectivity index (χ4n) is 3.05. The van der Waals surface area contributed by atoms with Gasteiger partial charge in [-0.15, -0.1) is 11.8 Å². The van der Waals surface area contributed by atoms with Crippen molar-refractivity contribution < 1.29 is 17.6 Å². The molecule has 1 aliphatic rings. The summed E-state index contributed by atoms with van der Waals surface area (Å²) < 4.78 is 40.0. The number of aryl methyl sites for hydroxylation is 1. The number of piperazine rings is 1. The molecule has 0 N–H and O–H groups in total. The fourth-order valence-corrected chi connectivity index (χ4v) is 5.46. The highest BCUT2D eigenvalue weighted by molar-refractivity contribution is 8.00. The molecule has 8 heteroatoms. The molecule has 0 aromatic heterocycles. The van der Waals surface area contributed by atoms with Crippen LogP contribution in [0.25, 0.3) is 0 Å². The van der Waals surface area contributed by atoms with Crippen molar-refractivity contribution in [3.8, 4) is 0 Å². The Morgan fingerprint density at radius 2 is 1.71 bits per heavy atom. The maximum Gasteiger partial charge on any atom is 0.243 e. The van der Waals surface area contributed by atoms with Crippen molar-refractivity contribution in [3.05, 3.63) is 59.9 Å². The summed E-state index contributed by atoms with van der Waals surface area (Å²) in [4.78, 5) is 15.4. The molecule has 1 amide bonds. The molecule has 150 valence electrons. The summed E-state index contributed by atoms with van der Waals surface area (Å²) in [5.41, 5.74) is 1.17. The Hall–Kier alpha value is -1.90. The van der Waals surface area contributed by atoms with Gasteiger partial charge >= 0.3 is 0 Å². The monoisotopic (exact) mass is 422 g/mol. The lowest BCUT2D eigenvalue weighted by Gasteiger charge is -2.35. The molecule has 0 bridgehead atoms. The van der Waals surface area contributed by atoms with E-state index in [0.717, 1.165) is 11.0 Å². The summed E-state index contributed by atoms with van der Waals surface area (Å²) in [7, 11) is -3.76. The Morgan fingerprint density at radius 3 is 2.32 bits per heavy atom. The van der Waals surface area contributed by atoms with Gasteiger partial charge in [0.05, 0.1) is 10.1 Å². The lowest BCUT2D eigenvalue weighted by Crippen LogP contribution is -2.52. The number of rotatable bonds is 5. The fraction of sp³-hybridized carbons (Fsp3) is 0.350. The van der Waals surface area contributed by atoms with E-state index in [9.17, 15) is 17.6 Å². The molecule has 2 aromatic rings. The average Bonchev–Trinajstić information content (AvgIpc) is 2.69. The van der Waals surface area contributed by atoms with E-state index in [0.29, 0.717) is 13.1 Å².